The Labute approximate surface area is 123 Å². The van der Waals surface area contributed by atoms with Crippen molar-refractivity contribution in [3.8, 4) is 0 Å². The van der Waals surface area contributed by atoms with E-state index in [0.717, 1.165) is 28.0 Å². The minimum atomic E-state index is 0.408. The molecule has 0 atom stereocenters. The Hall–Kier alpha value is -2.66. The van der Waals surface area contributed by atoms with Gasteiger partial charge in [0.25, 0.3) is 0 Å². The number of rotatable bonds is 3. The second kappa shape index (κ2) is 5.38. The lowest BCUT2D eigenvalue weighted by atomic mass is 10.1. The zero-order valence-corrected chi connectivity index (χ0v) is 12.0. The van der Waals surface area contributed by atoms with Crippen LogP contribution >= 0.6 is 0 Å². The zero-order valence-electron chi connectivity index (χ0n) is 12.0. The summed E-state index contributed by atoms with van der Waals surface area (Å²) in [6.45, 7) is 2.04. The summed E-state index contributed by atoms with van der Waals surface area (Å²) in [5, 5.41) is 0.992. The minimum Gasteiger partial charge on any atom is -0.329 e. The lowest BCUT2D eigenvalue weighted by Crippen LogP contribution is -2.16. The van der Waals surface area contributed by atoms with E-state index in [9.17, 15) is 0 Å². The zero-order chi connectivity index (χ0) is 14.8. The largest absolute Gasteiger partial charge is 0.329 e. The molecule has 1 aromatic heterocycles. The molecule has 0 bridgehead atoms. The molecular weight excluding hydrogens is 262 g/mol. The van der Waals surface area contributed by atoms with E-state index in [1.54, 1.807) is 0 Å². The molecule has 0 aliphatic heterocycles. The summed E-state index contributed by atoms with van der Waals surface area (Å²) in [6, 6.07) is 16.2. The molecule has 3 N–H and O–H groups in total. The van der Waals surface area contributed by atoms with E-state index in [0.29, 0.717) is 5.95 Å². The Balaban J connectivity index is 2.21. The third-order valence-electron chi connectivity index (χ3n) is 3.42. The number of aromatic nitrogens is 2. The summed E-state index contributed by atoms with van der Waals surface area (Å²) >= 11 is 0. The normalized spacial score (nSPS) is 10.6. The van der Waals surface area contributed by atoms with Crippen molar-refractivity contribution in [1.82, 2.24) is 9.97 Å². The van der Waals surface area contributed by atoms with Crippen molar-refractivity contribution in [2.24, 2.45) is 5.84 Å². The fraction of sp³-hybridized carbons (Fsp3) is 0.125. The monoisotopic (exact) mass is 279 g/mol. The molecule has 0 amide bonds. The van der Waals surface area contributed by atoms with Gasteiger partial charge in [-0.1, -0.05) is 24.3 Å². The molecule has 0 saturated carbocycles. The number of hydrogen-bond donors (Lipinski definition) is 2. The predicted octanol–water partition coefficient (Wildman–Crippen LogP) is 2.99. The van der Waals surface area contributed by atoms with E-state index in [1.165, 1.54) is 0 Å². The van der Waals surface area contributed by atoms with E-state index in [4.69, 9.17) is 5.84 Å². The van der Waals surface area contributed by atoms with Gasteiger partial charge in [-0.3, -0.25) is 5.43 Å². The molecule has 0 radical (unpaired) electrons. The smallest absolute Gasteiger partial charge is 0.239 e. The van der Waals surface area contributed by atoms with Crippen LogP contribution in [-0.4, -0.2) is 17.0 Å². The first-order valence-corrected chi connectivity index (χ1v) is 6.73. The maximum absolute atomic E-state index is 5.49. The molecule has 106 valence electrons. The molecule has 5 heteroatoms. The van der Waals surface area contributed by atoms with E-state index >= 15 is 0 Å². The Morgan fingerprint density at radius 2 is 1.81 bits per heavy atom. The molecule has 0 aliphatic rings. The van der Waals surface area contributed by atoms with Crippen molar-refractivity contribution in [2.45, 2.75) is 6.92 Å². The molecule has 5 nitrogen and oxygen atoms in total. The summed E-state index contributed by atoms with van der Waals surface area (Å²) in [4.78, 5) is 10.9. The number of benzene rings is 2. The summed E-state index contributed by atoms with van der Waals surface area (Å²) in [6.07, 6.45) is 0. The van der Waals surface area contributed by atoms with Crippen LogP contribution in [0, 0.1) is 6.92 Å². The van der Waals surface area contributed by atoms with Crippen molar-refractivity contribution in [2.75, 3.05) is 17.4 Å². The highest BCUT2D eigenvalue weighted by Gasteiger charge is 2.12. The highest BCUT2D eigenvalue weighted by Crippen LogP contribution is 2.29. The number of anilines is 3. The first-order valence-electron chi connectivity index (χ1n) is 6.73. The number of para-hydroxylation sites is 1. The average molecular weight is 279 g/mol. The van der Waals surface area contributed by atoms with Crippen molar-refractivity contribution in [1.29, 1.82) is 0 Å². The number of hydrazine groups is 1. The molecule has 0 aliphatic carbocycles. The van der Waals surface area contributed by atoms with Crippen LogP contribution in [0.3, 0.4) is 0 Å². The Bertz CT molecular complexity index is 770. The molecule has 21 heavy (non-hydrogen) atoms. The first kappa shape index (κ1) is 13.3. The van der Waals surface area contributed by atoms with Crippen molar-refractivity contribution < 1.29 is 0 Å². The topological polar surface area (TPSA) is 67.1 Å². The van der Waals surface area contributed by atoms with Gasteiger partial charge in [0.2, 0.25) is 5.95 Å². The molecule has 3 rings (SSSR count). The van der Waals surface area contributed by atoms with Crippen molar-refractivity contribution in [3.63, 3.8) is 0 Å². The van der Waals surface area contributed by atoms with Crippen LogP contribution in [0.25, 0.3) is 10.9 Å². The maximum Gasteiger partial charge on any atom is 0.239 e. The van der Waals surface area contributed by atoms with Gasteiger partial charge in [0, 0.05) is 18.1 Å². The Morgan fingerprint density at radius 1 is 1.05 bits per heavy atom. The Kier molecular flexibility index (Phi) is 3.41. The molecule has 0 saturated heterocycles. The van der Waals surface area contributed by atoms with Gasteiger partial charge in [-0.15, -0.1) is 0 Å². The van der Waals surface area contributed by atoms with E-state index < -0.39 is 0 Å². The van der Waals surface area contributed by atoms with Crippen LogP contribution in [0.2, 0.25) is 0 Å². The lowest BCUT2D eigenvalue weighted by Gasteiger charge is -2.20. The number of aryl methyl sites for hydroxylation is 1. The van der Waals surface area contributed by atoms with E-state index in [1.807, 2.05) is 61.3 Å². The van der Waals surface area contributed by atoms with Gasteiger partial charge in [-0.25, -0.2) is 10.8 Å². The second-order valence-corrected chi connectivity index (χ2v) is 4.93. The number of nitrogens with zero attached hydrogens (tertiary/aromatic N) is 3. The van der Waals surface area contributed by atoms with Crippen LogP contribution in [0.5, 0.6) is 0 Å². The van der Waals surface area contributed by atoms with Crippen molar-refractivity contribution >= 4 is 28.4 Å². The van der Waals surface area contributed by atoms with Gasteiger partial charge >= 0.3 is 0 Å². The lowest BCUT2D eigenvalue weighted by molar-refractivity contribution is 1.09. The maximum atomic E-state index is 5.49. The van der Waals surface area contributed by atoms with Crippen LogP contribution in [0.1, 0.15) is 5.56 Å². The third kappa shape index (κ3) is 2.51. The number of nitrogen functional groups attached to an aromatic ring is 1. The number of nitrogens with two attached hydrogens (primary N) is 1. The van der Waals surface area contributed by atoms with Gasteiger partial charge in [-0.05, 0) is 36.8 Å². The molecule has 0 unspecified atom stereocenters. The van der Waals surface area contributed by atoms with Crippen LogP contribution in [-0.2, 0) is 0 Å². The molecule has 1 heterocycles. The van der Waals surface area contributed by atoms with Gasteiger partial charge in [0.05, 0.1) is 5.52 Å². The first-order chi connectivity index (χ1) is 10.2. The van der Waals surface area contributed by atoms with Crippen LogP contribution in [0.15, 0.2) is 48.5 Å². The Morgan fingerprint density at radius 3 is 2.52 bits per heavy atom. The summed E-state index contributed by atoms with van der Waals surface area (Å²) in [7, 11) is 1.98. The average Bonchev–Trinajstić information content (AvgIpc) is 2.53. The highest BCUT2D eigenvalue weighted by atomic mass is 15.3. The molecule has 3 aromatic rings. The predicted molar refractivity (Wildman–Crippen MR) is 86.6 cm³/mol. The van der Waals surface area contributed by atoms with Crippen LogP contribution in [0.4, 0.5) is 17.5 Å². The van der Waals surface area contributed by atoms with Gasteiger partial charge in [0.15, 0.2) is 0 Å². The van der Waals surface area contributed by atoms with Crippen LogP contribution < -0.4 is 16.2 Å². The fourth-order valence-corrected chi connectivity index (χ4v) is 2.32. The van der Waals surface area contributed by atoms with Gasteiger partial charge in [-0.2, -0.15) is 4.98 Å². The fourth-order valence-electron chi connectivity index (χ4n) is 2.32. The number of fused-ring (bicyclic) bond motifs is 1. The standard InChI is InChI=1S/C16H17N5/c1-11-8-9-13-14(10-11)18-16(20-17)19-15(13)21(2)12-6-4-3-5-7-12/h3-10H,17H2,1-2H3,(H,18,19,20). The highest BCUT2D eigenvalue weighted by molar-refractivity contribution is 5.92. The van der Waals surface area contributed by atoms with E-state index in [2.05, 4.69) is 21.5 Å². The minimum absolute atomic E-state index is 0.408. The van der Waals surface area contributed by atoms with Gasteiger partial charge in [0.1, 0.15) is 5.82 Å². The second-order valence-electron chi connectivity index (χ2n) is 4.93. The van der Waals surface area contributed by atoms with Crippen molar-refractivity contribution in [3.05, 3.63) is 54.1 Å². The molecule has 0 spiro atoms. The SMILES string of the molecule is Cc1ccc2c(N(C)c3ccccc3)nc(NN)nc2c1. The molecule has 0 fully saturated rings. The summed E-state index contributed by atoms with van der Waals surface area (Å²) < 4.78 is 0. The number of hydrogen-bond acceptors (Lipinski definition) is 5. The van der Waals surface area contributed by atoms with Gasteiger partial charge < -0.3 is 4.90 Å². The summed E-state index contributed by atoms with van der Waals surface area (Å²) in [5.41, 5.74) is 5.61. The quantitative estimate of drug-likeness (QED) is 0.570. The van der Waals surface area contributed by atoms with E-state index in [-0.39, 0.29) is 0 Å². The summed E-state index contributed by atoms with van der Waals surface area (Å²) in [5.74, 6) is 6.72. The third-order valence-corrected chi connectivity index (χ3v) is 3.42. The number of nitrogens with one attached hydrogen (secondary N) is 1. The molecular formula is C16H17N5. The molecule has 2 aromatic carbocycles.